The Morgan fingerprint density at radius 1 is 1.38 bits per heavy atom. The molecule has 0 radical (unpaired) electrons. The van der Waals surface area contributed by atoms with Gasteiger partial charge in [-0.05, 0) is 43.5 Å². The van der Waals surface area contributed by atoms with E-state index in [9.17, 15) is 4.79 Å². The summed E-state index contributed by atoms with van der Waals surface area (Å²) in [4.78, 5) is 11.9. The molecular formula is C16H18ClN3O3S. The van der Waals surface area contributed by atoms with E-state index in [2.05, 4.69) is 15.5 Å². The number of rotatable bonds is 7. The number of ether oxygens (including phenoxy) is 2. The lowest BCUT2D eigenvalue weighted by molar-refractivity contribution is -0.116. The van der Waals surface area contributed by atoms with E-state index in [4.69, 9.17) is 21.1 Å². The van der Waals surface area contributed by atoms with Crippen LogP contribution in [0.15, 0.2) is 24.3 Å². The maximum atomic E-state index is 11.9. The molecule has 0 saturated carbocycles. The van der Waals surface area contributed by atoms with Gasteiger partial charge in [0.05, 0.1) is 6.61 Å². The number of hydrogen-bond donors (Lipinski definition) is 1. The lowest BCUT2D eigenvalue weighted by atomic mass is 10.2. The molecule has 24 heavy (non-hydrogen) atoms. The third-order valence-electron chi connectivity index (χ3n) is 3.52. The van der Waals surface area contributed by atoms with E-state index < -0.39 is 0 Å². The highest BCUT2D eigenvalue weighted by molar-refractivity contribution is 7.15. The van der Waals surface area contributed by atoms with Gasteiger partial charge in [-0.1, -0.05) is 22.9 Å². The summed E-state index contributed by atoms with van der Waals surface area (Å²) in [5.74, 6) is 0.648. The Balaban J connectivity index is 1.37. The van der Waals surface area contributed by atoms with Gasteiger partial charge in [0.15, 0.2) is 0 Å². The van der Waals surface area contributed by atoms with Gasteiger partial charge < -0.3 is 14.8 Å². The zero-order valence-corrected chi connectivity index (χ0v) is 14.6. The number of carbonyl (C=O) groups excluding carboxylic acids is 1. The standard InChI is InChI=1S/C16H18ClN3O3S/c17-11-5-7-12(8-6-11)22-9-2-4-14(21)18-16-20-19-15(24-16)13-3-1-10-23-13/h5-8,13H,1-4,9-10H2,(H,18,20,21). The van der Waals surface area contributed by atoms with Crippen LogP contribution < -0.4 is 10.1 Å². The molecule has 0 spiro atoms. The molecule has 1 N–H and O–H groups in total. The quantitative estimate of drug-likeness (QED) is 0.752. The lowest BCUT2D eigenvalue weighted by Gasteiger charge is -2.06. The normalized spacial score (nSPS) is 17.0. The molecule has 1 aromatic carbocycles. The molecule has 0 aliphatic carbocycles. The molecule has 2 aromatic rings. The van der Waals surface area contributed by atoms with Crippen LogP contribution in [0.1, 0.15) is 36.8 Å². The van der Waals surface area contributed by atoms with Gasteiger partial charge in [-0.25, -0.2) is 0 Å². The van der Waals surface area contributed by atoms with Crippen molar-refractivity contribution < 1.29 is 14.3 Å². The number of halogens is 1. The Labute approximate surface area is 149 Å². The van der Waals surface area contributed by atoms with Crippen LogP contribution in [-0.4, -0.2) is 29.3 Å². The fraction of sp³-hybridized carbons (Fsp3) is 0.438. The molecule has 1 aromatic heterocycles. The smallest absolute Gasteiger partial charge is 0.226 e. The van der Waals surface area contributed by atoms with Crippen LogP contribution in [0.3, 0.4) is 0 Å². The molecule has 0 bridgehead atoms. The van der Waals surface area contributed by atoms with Crippen molar-refractivity contribution >= 4 is 34.0 Å². The predicted octanol–water partition coefficient (Wildman–Crippen LogP) is 3.84. The van der Waals surface area contributed by atoms with Gasteiger partial charge >= 0.3 is 0 Å². The van der Waals surface area contributed by atoms with E-state index in [-0.39, 0.29) is 12.0 Å². The van der Waals surface area contributed by atoms with Crippen molar-refractivity contribution in [3.63, 3.8) is 0 Å². The van der Waals surface area contributed by atoms with E-state index in [1.165, 1.54) is 11.3 Å². The third kappa shape index (κ3) is 4.90. The second-order valence-corrected chi connectivity index (χ2v) is 6.85. The molecule has 8 heteroatoms. The van der Waals surface area contributed by atoms with Crippen molar-refractivity contribution in [2.24, 2.45) is 0 Å². The Hall–Kier alpha value is -1.70. The molecule has 1 aliphatic rings. The first-order valence-corrected chi connectivity index (χ1v) is 9.03. The topological polar surface area (TPSA) is 73.3 Å². The fourth-order valence-corrected chi connectivity index (χ4v) is 3.29. The average molecular weight is 368 g/mol. The van der Waals surface area contributed by atoms with Crippen molar-refractivity contribution in [1.82, 2.24) is 10.2 Å². The van der Waals surface area contributed by atoms with Crippen molar-refractivity contribution in [2.45, 2.75) is 31.8 Å². The summed E-state index contributed by atoms with van der Waals surface area (Å²) in [6, 6.07) is 7.14. The summed E-state index contributed by atoms with van der Waals surface area (Å²) < 4.78 is 11.1. The van der Waals surface area contributed by atoms with Crippen molar-refractivity contribution in [3.05, 3.63) is 34.3 Å². The lowest BCUT2D eigenvalue weighted by Crippen LogP contribution is -2.12. The van der Waals surface area contributed by atoms with E-state index in [0.29, 0.717) is 29.6 Å². The highest BCUT2D eigenvalue weighted by Crippen LogP contribution is 2.31. The highest BCUT2D eigenvalue weighted by Gasteiger charge is 2.22. The Morgan fingerprint density at radius 3 is 2.96 bits per heavy atom. The Kier molecular flexibility index (Phi) is 6.01. The summed E-state index contributed by atoms with van der Waals surface area (Å²) in [5, 5.41) is 12.9. The molecule has 6 nitrogen and oxygen atoms in total. The van der Waals surface area contributed by atoms with Gasteiger partial charge in [0.25, 0.3) is 0 Å². The third-order valence-corrected chi connectivity index (χ3v) is 4.71. The molecule has 1 amide bonds. The molecule has 1 atom stereocenters. The van der Waals surface area contributed by atoms with Crippen LogP contribution >= 0.6 is 22.9 Å². The second-order valence-electron chi connectivity index (χ2n) is 5.40. The van der Waals surface area contributed by atoms with Gasteiger partial charge in [-0.2, -0.15) is 0 Å². The summed E-state index contributed by atoms with van der Waals surface area (Å²) in [6.45, 7) is 1.23. The number of nitrogens with zero attached hydrogens (tertiary/aromatic N) is 2. The number of amides is 1. The first-order valence-electron chi connectivity index (χ1n) is 7.84. The number of anilines is 1. The molecule has 2 heterocycles. The van der Waals surface area contributed by atoms with Crippen LogP contribution in [0.4, 0.5) is 5.13 Å². The molecule has 3 rings (SSSR count). The van der Waals surface area contributed by atoms with Gasteiger partial charge in [-0.3, -0.25) is 4.79 Å². The second kappa shape index (κ2) is 8.41. The monoisotopic (exact) mass is 367 g/mol. The highest BCUT2D eigenvalue weighted by atomic mass is 35.5. The van der Waals surface area contributed by atoms with Crippen molar-refractivity contribution in [2.75, 3.05) is 18.5 Å². The molecule has 1 fully saturated rings. The summed E-state index contributed by atoms with van der Waals surface area (Å²) >= 11 is 7.18. The number of nitrogens with one attached hydrogen (secondary N) is 1. The van der Waals surface area contributed by atoms with Crippen LogP contribution in [-0.2, 0) is 9.53 Å². The van der Waals surface area contributed by atoms with Crippen LogP contribution in [0, 0.1) is 0 Å². The van der Waals surface area contributed by atoms with Gasteiger partial charge in [-0.15, -0.1) is 10.2 Å². The van der Waals surface area contributed by atoms with Crippen molar-refractivity contribution in [1.29, 1.82) is 0 Å². The predicted molar refractivity (Wildman–Crippen MR) is 92.6 cm³/mol. The summed E-state index contributed by atoms with van der Waals surface area (Å²) in [6.07, 6.45) is 3.01. The minimum Gasteiger partial charge on any atom is -0.494 e. The largest absolute Gasteiger partial charge is 0.494 e. The maximum absolute atomic E-state index is 11.9. The first kappa shape index (κ1) is 17.1. The van der Waals surface area contributed by atoms with E-state index >= 15 is 0 Å². The Morgan fingerprint density at radius 2 is 2.21 bits per heavy atom. The zero-order valence-electron chi connectivity index (χ0n) is 13.0. The van der Waals surface area contributed by atoms with Crippen LogP contribution in [0.5, 0.6) is 5.75 Å². The number of benzene rings is 1. The fourth-order valence-electron chi connectivity index (χ4n) is 2.32. The minimum atomic E-state index is -0.0928. The van der Waals surface area contributed by atoms with Gasteiger partial charge in [0.1, 0.15) is 16.9 Å². The van der Waals surface area contributed by atoms with Gasteiger partial charge in [0.2, 0.25) is 11.0 Å². The number of carbonyl (C=O) groups is 1. The summed E-state index contributed by atoms with van der Waals surface area (Å²) in [7, 11) is 0. The molecular weight excluding hydrogens is 350 g/mol. The molecule has 1 saturated heterocycles. The number of aromatic nitrogens is 2. The molecule has 1 aliphatic heterocycles. The first-order chi connectivity index (χ1) is 11.7. The van der Waals surface area contributed by atoms with E-state index in [1.807, 2.05) is 0 Å². The average Bonchev–Trinajstić information content (AvgIpc) is 3.24. The zero-order chi connectivity index (χ0) is 16.8. The van der Waals surface area contributed by atoms with E-state index in [1.54, 1.807) is 24.3 Å². The Bertz CT molecular complexity index is 671. The van der Waals surface area contributed by atoms with Crippen LogP contribution in [0.25, 0.3) is 0 Å². The van der Waals surface area contributed by atoms with E-state index in [0.717, 1.165) is 30.2 Å². The summed E-state index contributed by atoms with van der Waals surface area (Å²) in [5.41, 5.74) is 0. The minimum absolute atomic E-state index is 0.0286. The van der Waals surface area contributed by atoms with Crippen molar-refractivity contribution in [3.8, 4) is 5.75 Å². The van der Waals surface area contributed by atoms with Crippen LogP contribution in [0.2, 0.25) is 5.02 Å². The maximum Gasteiger partial charge on any atom is 0.226 e. The molecule has 128 valence electrons. The SMILES string of the molecule is O=C(CCCOc1ccc(Cl)cc1)Nc1nnc(C2CCCO2)s1. The molecule has 1 unspecified atom stereocenters. The van der Waals surface area contributed by atoms with Gasteiger partial charge in [0, 0.05) is 18.1 Å². The number of hydrogen-bond acceptors (Lipinski definition) is 6.